The van der Waals surface area contributed by atoms with Crippen LogP contribution in [0.15, 0.2) is 77.2 Å². The number of benzene rings is 3. The fourth-order valence-corrected chi connectivity index (χ4v) is 3.02. The lowest BCUT2D eigenvalue weighted by atomic mass is 10.1. The molecule has 0 aliphatic carbocycles. The molecule has 0 saturated carbocycles. The average molecular weight is 369 g/mol. The first kappa shape index (κ1) is 17.7. The van der Waals surface area contributed by atoms with Gasteiger partial charge in [-0.1, -0.05) is 42.5 Å². The molecule has 5 heteroatoms. The van der Waals surface area contributed by atoms with E-state index in [4.69, 9.17) is 4.42 Å². The van der Waals surface area contributed by atoms with Gasteiger partial charge in [0.15, 0.2) is 0 Å². The zero-order valence-electron chi connectivity index (χ0n) is 15.6. The van der Waals surface area contributed by atoms with Gasteiger partial charge in [-0.15, -0.1) is 10.2 Å². The average Bonchev–Trinajstić information content (AvgIpc) is 3.19. The van der Waals surface area contributed by atoms with Crippen LogP contribution in [0.1, 0.15) is 21.5 Å². The second-order valence-electron chi connectivity index (χ2n) is 6.58. The molecule has 0 saturated heterocycles. The third kappa shape index (κ3) is 3.55. The lowest BCUT2D eigenvalue weighted by Gasteiger charge is -2.08. The van der Waals surface area contributed by atoms with Crippen molar-refractivity contribution in [3.63, 3.8) is 0 Å². The number of hydrogen-bond donors (Lipinski definition) is 1. The van der Waals surface area contributed by atoms with Crippen molar-refractivity contribution in [3.05, 3.63) is 89.5 Å². The SMILES string of the molecule is Cc1ccccc1C(=O)Nc1cccc(-c2nnc(-c3ccccc3C)o2)c1. The van der Waals surface area contributed by atoms with Crippen LogP contribution in [0.25, 0.3) is 22.9 Å². The Bertz CT molecular complexity index is 1150. The Hall–Kier alpha value is -3.73. The van der Waals surface area contributed by atoms with E-state index in [-0.39, 0.29) is 5.91 Å². The van der Waals surface area contributed by atoms with E-state index in [1.807, 2.05) is 80.6 Å². The van der Waals surface area contributed by atoms with Gasteiger partial charge in [0.1, 0.15) is 0 Å². The van der Waals surface area contributed by atoms with E-state index in [0.29, 0.717) is 23.0 Å². The first-order valence-electron chi connectivity index (χ1n) is 8.99. The van der Waals surface area contributed by atoms with E-state index < -0.39 is 0 Å². The summed E-state index contributed by atoms with van der Waals surface area (Å²) < 4.78 is 5.87. The molecule has 0 unspecified atom stereocenters. The summed E-state index contributed by atoms with van der Waals surface area (Å²) in [4.78, 5) is 12.5. The van der Waals surface area contributed by atoms with Crippen molar-refractivity contribution in [2.24, 2.45) is 0 Å². The summed E-state index contributed by atoms with van der Waals surface area (Å²) in [5.41, 5.74) is 4.96. The Kier molecular flexibility index (Phi) is 4.72. The normalized spacial score (nSPS) is 10.6. The van der Waals surface area contributed by atoms with E-state index in [0.717, 1.165) is 22.3 Å². The maximum absolute atomic E-state index is 12.5. The molecule has 0 atom stereocenters. The minimum absolute atomic E-state index is 0.152. The van der Waals surface area contributed by atoms with E-state index in [1.165, 1.54) is 0 Å². The molecule has 1 N–H and O–H groups in total. The van der Waals surface area contributed by atoms with Crippen molar-refractivity contribution in [2.75, 3.05) is 5.32 Å². The number of hydrogen-bond acceptors (Lipinski definition) is 4. The summed E-state index contributed by atoms with van der Waals surface area (Å²) in [7, 11) is 0. The van der Waals surface area contributed by atoms with Crippen molar-refractivity contribution in [3.8, 4) is 22.9 Å². The van der Waals surface area contributed by atoms with Crippen LogP contribution in [0, 0.1) is 13.8 Å². The van der Waals surface area contributed by atoms with Crippen molar-refractivity contribution < 1.29 is 9.21 Å². The van der Waals surface area contributed by atoms with Crippen LogP contribution in [0.4, 0.5) is 5.69 Å². The Labute approximate surface area is 163 Å². The summed E-state index contributed by atoms with van der Waals surface area (Å²) in [6.07, 6.45) is 0. The summed E-state index contributed by atoms with van der Waals surface area (Å²) in [5.74, 6) is 0.731. The molecule has 1 heterocycles. The highest BCUT2D eigenvalue weighted by Crippen LogP contribution is 2.27. The maximum atomic E-state index is 12.5. The summed E-state index contributed by atoms with van der Waals surface area (Å²) >= 11 is 0. The van der Waals surface area contributed by atoms with Gasteiger partial charge in [-0.3, -0.25) is 4.79 Å². The van der Waals surface area contributed by atoms with Crippen LogP contribution >= 0.6 is 0 Å². The van der Waals surface area contributed by atoms with Crippen molar-refractivity contribution >= 4 is 11.6 Å². The monoisotopic (exact) mass is 369 g/mol. The molecule has 0 aliphatic heterocycles. The molecule has 5 nitrogen and oxygen atoms in total. The van der Waals surface area contributed by atoms with Crippen LogP contribution in [0.3, 0.4) is 0 Å². The van der Waals surface area contributed by atoms with Gasteiger partial charge in [0, 0.05) is 22.4 Å². The van der Waals surface area contributed by atoms with Crippen molar-refractivity contribution in [2.45, 2.75) is 13.8 Å². The van der Waals surface area contributed by atoms with Crippen LogP contribution < -0.4 is 5.32 Å². The lowest BCUT2D eigenvalue weighted by molar-refractivity contribution is 0.102. The third-order valence-electron chi connectivity index (χ3n) is 4.56. The Morgan fingerprint density at radius 1 is 0.821 bits per heavy atom. The quantitative estimate of drug-likeness (QED) is 0.532. The van der Waals surface area contributed by atoms with E-state index in [2.05, 4.69) is 15.5 Å². The Balaban J connectivity index is 1.59. The number of nitrogens with one attached hydrogen (secondary N) is 1. The molecule has 4 rings (SSSR count). The zero-order chi connectivity index (χ0) is 19.5. The largest absolute Gasteiger partial charge is 0.416 e. The number of aromatic nitrogens is 2. The predicted octanol–water partition coefficient (Wildman–Crippen LogP) is 5.27. The standard InChI is InChI=1S/C23H19N3O2/c1-15-8-3-5-12-19(15)21(27)24-18-11-7-10-17(14-18)22-25-26-23(28-22)20-13-6-4-9-16(20)2/h3-14H,1-2H3,(H,24,27). The third-order valence-corrected chi connectivity index (χ3v) is 4.56. The molecule has 4 aromatic rings. The molecule has 0 spiro atoms. The smallest absolute Gasteiger partial charge is 0.255 e. The molecule has 28 heavy (non-hydrogen) atoms. The van der Waals surface area contributed by atoms with E-state index >= 15 is 0 Å². The predicted molar refractivity (Wildman–Crippen MR) is 109 cm³/mol. The zero-order valence-corrected chi connectivity index (χ0v) is 15.6. The lowest BCUT2D eigenvalue weighted by Crippen LogP contribution is -2.13. The van der Waals surface area contributed by atoms with Crippen LogP contribution in [-0.2, 0) is 0 Å². The number of anilines is 1. The van der Waals surface area contributed by atoms with Gasteiger partial charge < -0.3 is 9.73 Å². The molecule has 1 aromatic heterocycles. The fraction of sp³-hybridized carbons (Fsp3) is 0.0870. The van der Waals surface area contributed by atoms with E-state index in [1.54, 1.807) is 6.07 Å². The number of nitrogens with zero attached hydrogens (tertiary/aromatic N) is 2. The molecule has 0 bridgehead atoms. The van der Waals surface area contributed by atoms with Gasteiger partial charge in [0.25, 0.3) is 5.91 Å². The highest BCUT2D eigenvalue weighted by Gasteiger charge is 2.13. The van der Waals surface area contributed by atoms with Crippen LogP contribution in [-0.4, -0.2) is 16.1 Å². The summed E-state index contributed by atoms with van der Waals surface area (Å²) in [6.45, 7) is 3.91. The number of carbonyl (C=O) groups excluding carboxylic acids is 1. The molecule has 1 amide bonds. The molecule has 3 aromatic carbocycles. The van der Waals surface area contributed by atoms with Gasteiger partial charge in [-0.25, -0.2) is 0 Å². The first-order valence-corrected chi connectivity index (χ1v) is 8.99. The molecular weight excluding hydrogens is 350 g/mol. The second-order valence-corrected chi connectivity index (χ2v) is 6.58. The first-order chi connectivity index (χ1) is 13.6. The van der Waals surface area contributed by atoms with Gasteiger partial charge in [-0.05, 0) is 55.3 Å². The van der Waals surface area contributed by atoms with Gasteiger partial charge >= 0.3 is 0 Å². The summed E-state index contributed by atoms with van der Waals surface area (Å²) in [5, 5.41) is 11.3. The fourth-order valence-electron chi connectivity index (χ4n) is 3.02. The minimum atomic E-state index is -0.152. The number of rotatable bonds is 4. The number of amides is 1. The van der Waals surface area contributed by atoms with Crippen molar-refractivity contribution in [1.82, 2.24) is 10.2 Å². The number of carbonyl (C=O) groups is 1. The summed E-state index contributed by atoms with van der Waals surface area (Å²) in [6, 6.07) is 22.7. The molecule has 0 fully saturated rings. The Morgan fingerprint density at radius 2 is 1.54 bits per heavy atom. The Morgan fingerprint density at radius 3 is 2.32 bits per heavy atom. The van der Waals surface area contributed by atoms with Crippen LogP contribution in [0.5, 0.6) is 0 Å². The number of aryl methyl sites for hydroxylation is 2. The van der Waals surface area contributed by atoms with Crippen LogP contribution in [0.2, 0.25) is 0 Å². The van der Waals surface area contributed by atoms with E-state index in [9.17, 15) is 4.79 Å². The molecule has 138 valence electrons. The second kappa shape index (κ2) is 7.48. The van der Waals surface area contributed by atoms with Crippen molar-refractivity contribution in [1.29, 1.82) is 0 Å². The molecule has 0 radical (unpaired) electrons. The topological polar surface area (TPSA) is 68.0 Å². The van der Waals surface area contributed by atoms with Gasteiger partial charge in [0.05, 0.1) is 0 Å². The maximum Gasteiger partial charge on any atom is 0.255 e. The molecule has 0 aliphatic rings. The highest BCUT2D eigenvalue weighted by atomic mass is 16.4. The highest BCUT2D eigenvalue weighted by molar-refractivity contribution is 6.05. The van der Waals surface area contributed by atoms with Gasteiger partial charge in [-0.2, -0.15) is 0 Å². The molecular formula is C23H19N3O2. The minimum Gasteiger partial charge on any atom is -0.416 e. The van der Waals surface area contributed by atoms with Gasteiger partial charge in [0.2, 0.25) is 11.8 Å².